The van der Waals surface area contributed by atoms with Gasteiger partial charge in [-0.2, -0.15) is 0 Å². The van der Waals surface area contributed by atoms with Gasteiger partial charge in [-0.3, -0.25) is 4.79 Å². The zero-order valence-electron chi connectivity index (χ0n) is 16.2. The van der Waals surface area contributed by atoms with E-state index in [2.05, 4.69) is 24.1 Å². The maximum Gasteiger partial charge on any atom is 0.193 e. The Morgan fingerprint density at radius 3 is 2.54 bits per heavy atom. The number of ether oxygens (including phenoxy) is 1. The molecule has 1 aromatic heterocycles. The lowest BCUT2D eigenvalue weighted by Gasteiger charge is -2.37. The maximum absolute atomic E-state index is 14.0. The van der Waals surface area contributed by atoms with Crippen molar-refractivity contribution < 1.29 is 13.5 Å². The van der Waals surface area contributed by atoms with Crippen LogP contribution in [0.25, 0.3) is 22.3 Å². The van der Waals surface area contributed by atoms with Crippen LogP contribution in [-0.4, -0.2) is 32.3 Å². The van der Waals surface area contributed by atoms with Crippen molar-refractivity contribution in [1.29, 1.82) is 0 Å². The van der Waals surface area contributed by atoms with Crippen molar-refractivity contribution >= 4 is 16.7 Å². The fourth-order valence-corrected chi connectivity index (χ4v) is 3.84. The summed E-state index contributed by atoms with van der Waals surface area (Å²) in [5.74, 6) is -0.0210. The molecular weight excluding hydrogens is 359 g/mol. The Morgan fingerprint density at radius 1 is 1.11 bits per heavy atom. The van der Waals surface area contributed by atoms with Gasteiger partial charge in [0.15, 0.2) is 17.0 Å². The van der Waals surface area contributed by atoms with Crippen LogP contribution in [0.1, 0.15) is 13.8 Å². The standard InChI is InChI=1S/C22H23FN2O3/c1-13-11-25(12-14(2)24-13)16-5-7-20-17(9-16)19(26)10-22(28-20)15-4-6-21(27-3)18(23)8-15/h4-10,13-14,24H,11-12H2,1-3H3. The van der Waals surface area contributed by atoms with Gasteiger partial charge in [0.1, 0.15) is 11.3 Å². The molecule has 5 nitrogen and oxygen atoms in total. The molecule has 0 saturated carbocycles. The Labute approximate surface area is 162 Å². The van der Waals surface area contributed by atoms with E-state index >= 15 is 0 Å². The molecule has 0 aliphatic carbocycles. The summed E-state index contributed by atoms with van der Waals surface area (Å²) in [6.07, 6.45) is 0. The number of methoxy groups -OCH3 is 1. The summed E-state index contributed by atoms with van der Waals surface area (Å²) in [6.45, 7) is 6.06. The highest BCUT2D eigenvalue weighted by Gasteiger charge is 2.21. The number of anilines is 1. The normalized spacial score (nSPS) is 19.8. The molecule has 1 aliphatic heterocycles. The Balaban J connectivity index is 1.72. The van der Waals surface area contributed by atoms with Gasteiger partial charge in [0.25, 0.3) is 0 Å². The largest absolute Gasteiger partial charge is 0.494 e. The first-order chi connectivity index (χ1) is 13.4. The van der Waals surface area contributed by atoms with Crippen molar-refractivity contribution in [3.05, 3.63) is 58.5 Å². The van der Waals surface area contributed by atoms with Gasteiger partial charge in [0.05, 0.1) is 12.5 Å². The maximum atomic E-state index is 14.0. The number of hydrogen-bond acceptors (Lipinski definition) is 5. The fraction of sp³-hybridized carbons (Fsp3) is 0.318. The van der Waals surface area contributed by atoms with E-state index in [0.29, 0.717) is 34.4 Å². The van der Waals surface area contributed by atoms with E-state index < -0.39 is 5.82 Å². The SMILES string of the molecule is COc1ccc(-c2cc(=O)c3cc(N4CC(C)NC(C)C4)ccc3o2)cc1F. The lowest BCUT2D eigenvalue weighted by Crippen LogP contribution is -2.54. The highest BCUT2D eigenvalue weighted by molar-refractivity contribution is 5.82. The monoisotopic (exact) mass is 382 g/mol. The van der Waals surface area contributed by atoms with Gasteiger partial charge in [0.2, 0.25) is 0 Å². The first-order valence-electron chi connectivity index (χ1n) is 9.37. The van der Waals surface area contributed by atoms with Crippen LogP contribution in [0.2, 0.25) is 0 Å². The lowest BCUT2D eigenvalue weighted by molar-refractivity contribution is 0.386. The molecule has 0 spiro atoms. The van der Waals surface area contributed by atoms with Crippen LogP contribution in [0, 0.1) is 5.82 Å². The molecule has 1 saturated heterocycles. The number of fused-ring (bicyclic) bond motifs is 1. The van der Waals surface area contributed by atoms with E-state index in [1.54, 1.807) is 6.07 Å². The molecule has 4 rings (SSSR count). The summed E-state index contributed by atoms with van der Waals surface area (Å²) in [7, 11) is 1.41. The molecule has 1 fully saturated rings. The highest BCUT2D eigenvalue weighted by Crippen LogP contribution is 2.28. The summed E-state index contributed by atoms with van der Waals surface area (Å²) in [5, 5.41) is 4.03. The zero-order valence-corrected chi connectivity index (χ0v) is 16.2. The second-order valence-corrected chi connectivity index (χ2v) is 7.38. The molecule has 0 amide bonds. The summed E-state index contributed by atoms with van der Waals surface area (Å²) >= 11 is 0. The summed E-state index contributed by atoms with van der Waals surface area (Å²) in [5.41, 5.74) is 1.83. The van der Waals surface area contributed by atoms with Gasteiger partial charge in [-0.05, 0) is 50.2 Å². The smallest absolute Gasteiger partial charge is 0.193 e. The Kier molecular flexibility index (Phi) is 4.81. The van der Waals surface area contributed by atoms with Crippen LogP contribution in [0.3, 0.4) is 0 Å². The fourth-order valence-electron chi connectivity index (χ4n) is 3.84. The molecule has 2 unspecified atom stereocenters. The van der Waals surface area contributed by atoms with Crippen LogP contribution >= 0.6 is 0 Å². The third-order valence-corrected chi connectivity index (χ3v) is 5.07. The van der Waals surface area contributed by atoms with Crippen molar-refractivity contribution in [2.45, 2.75) is 25.9 Å². The number of halogens is 1. The number of nitrogens with one attached hydrogen (secondary N) is 1. The predicted octanol–water partition coefficient (Wildman–Crippen LogP) is 3.79. The van der Waals surface area contributed by atoms with Gasteiger partial charge < -0.3 is 19.4 Å². The van der Waals surface area contributed by atoms with Gasteiger partial charge in [-0.25, -0.2) is 4.39 Å². The van der Waals surface area contributed by atoms with Crippen LogP contribution in [0.4, 0.5) is 10.1 Å². The third-order valence-electron chi connectivity index (χ3n) is 5.07. The molecular formula is C22H23FN2O3. The second kappa shape index (κ2) is 7.28. The van der Waals surface area contributed by atoms with E-state index in [-0.39, 0.29) is 11.2 Å². The predicted molar refractivity (Wildman–Crippen MR) is 109 cm³/mol. The Bertz CT molecular complexity index is 1070. The minimum absolute atomic E-state index is 0.148. The summed E-state index contributed by atoms with van der Waals surface area (Å²) in [6, 6.07) is 12.3. The molecule has 0 radical (unpaired) electrons. The van der Waals surface area contributed by atoms with E-state index in [9.17, 15) is 9.18 Å². The highest BCUT2D eigenvalue weighted by atomic mass is 19.1. The van der Waals surface area contributed by atoms with Crippen molar-refractivity contribution in [2.24, 2.45) is 0 Å². The lowest BCUT2D eigenvalue weighted by atomic mass is 10.1. The van der Waals surface area contributed by atoms with Crippen LogP contribution < -0.4 is 20.4 Å². The summed E-state index contributed by atoms with van der Waals surface area (Å²) in [4.78, 5) is 15.0. The molecule has 1 aliphatic rings. The van der Waals surface area contributed by atoms with E-state index in [1.165, 1.54) is 25.3 Å². The minimum Gasteiger partial charge on any atom is -0.494 e. The number of benzene rings is 2. The van der Waals surface area contributed by atoms with Crippen LogP contribution in [0.5, 0.6) is 5.75 Å². The number of rotatable bonds is 3. The molecule has 6 heteroatoms. The van der Waals surface area contributed by atoms with Crippen LogP contribution in [-0.2, 0) is 0 Å². The van der Waals surface area contributed by atoms with E-state index in [1.807, 2.05) is 18.2 Å². The molecule has 2 heterocycles. The topological polar surface area (TPSA) is 54.7 Å². The second-order valence-electron chi connectivity index (χ2n) is 7.38. The molecule has 1 N–H and O–H groups in total. The van der Waals surface area contributed by atoms with Crippen molar-refractivity contribution in [2.75, 3.05) is 25.1 Å². The molecule has 146 valence electrons. The van der Waals surface area contributed by atoms with Crippen molar-refractivity contribution in [1.82, 2.24) is 5.32 Å². The van der Waals surface area contributed by atoms with Crippen LogP contribution in [0.15, 0.2) is 51.7 Å². The average Bonchev–Trinajstić information content (AvgIpc) is 2.67. The third kappa shape index (κ3) is 3.47. The number of hydrogen-bond donors (Lipinski definition) is 1. The number of nitrogens with zero attached hydrogens (tertiary/aromatic N) is 1. The molecule has 3 aromatic rings. The molecule has 2 atom stereocenters. The average molecular weight is 382 g/mol. The summed E-state index contributed by atoms with van der Waals surface area (Å²) < 4.78 is 24.9. The van der Waals surface area contributed by atoms with Gasteiger partial charge in [0, 0.05) is 42.5 Å². The number of piperazine rings is 1. The Morgan fingerprint density at radius 2 is 1.86 bits per heavy atom. The van der Waals surface area contributed by atoms with Gasteiger partial charge >= 0.3 is 0 Å². The molecule has 0 bridgehead atoms. The zero-order chi connectivity index (χ0) is 19.8. The first-order valence-corrected chi connectivity index (χ1v) is 9.37. The van der Waals surface area contributed by atoms with E-state index in [4.69, 9.17) is 9.15 Å². The van der Waals surface area contributed by atoms with Gasteiger partial charge in [-0.15, -0.1) is 0 Å². The van der Waals surface area contributed by atoms with Crippen molar-refractivity contribution in [3.8, 4) is 17.1 Å². The van der Waals surface area contributed by atoms with E-state index in [0.717, 1.165) is 18.8 Å². The minimum atomic E-state index is -0.500. The Hall–Kier alpha value is -2.86. The molecule has 28 heavy (non-hydrogen) atoms. The van der Waals surface area contributed by atoms with Gasteiger partial charge in [-0.1, -0.05) is 0 Å². The quantitative estimate of drug-likeness (QED) is 0.747. The first kappa shape index (κ1) is 18.5. The molecule has 2 aromatic carbocycles. The van der Waals surface area contributed by atoms with Crippen molar-refractivity contribution in [3.63, 3.8) is 0 Å².